The molecule has 0 saturated carbocycles. The van der Waals surface area contributed by atoms with Crippen LogP contribution in [0.1, 0.15) is 36.1 Å². The van der Waals surface area contributed by atoms with Gasteiger partial charge in [0.2, 0.25) is 0 Å². The Morgan fingerprint density at radius 2 is 1.97 bits per heavy atom. The topological polar surface area (TPSA) is 111 Å². The Morgan fingerprint density at radius 1 is 1.21 bits per heavy atom. The predicted octanol–water partition coefficient (Wildman–Crippen LogP) is 3.18. The van der Waals surface area contributed by atoms with Crippen molar-refractivity contribution < 1.29 is 9.53 Å². The maximum Gasteiger partial charge on any atom is 0.309 e. The zero-order chi connectivity index (χ0) is 23.5. The van der Waals surface area contributed by atoms with Crippen molar-refractivity contribution in [2.24, 2.45) is 18.6 Å². The van der Waals surface area contributed by atoms with Gasteiger partial charge in [-0.1, -0.05) is 24.3 Å². The highest BCUT2D eigenvalue weighted by Gasteiger charge is 2.26. The second-order valence-corrected chi connectivity index (χ2v) is 8.37. The van der Waals surface area contributed by atoms with Gasteiger partial charge >= 0.3 is 5.97 Å². The summed E-state index contributed by atoms with van der Waals surface area (Å²) in [6.07, 6.45) is 4.91. The molecule has 1 aromatic heterocycles. The predicted molar refractivity (Wildman–Crippen MR) is 129 cm³/mol. The van der Waals surface area contributed by atoms with Crippen LogP contribution in [-0.4, -0.2) is 34.4 Å². The monoisotopic (exact) mass is 446 g/mol. The maximum absolute atomic E-state index is 11.6. The molecular formula is C25H30N6O2. The van der Waals surface area contributed by atoms with Gasteiger partial charge < -0.3 is 20.8 Å². The van der Waals surface area contributed by atoms with Crippen molar-refractivity contribution in [2.75, 3.05) is 19.0 Å². The molecule has 2 heterocycles. The summed E-state index contributed by atoms with van der Waals surface area (Å²) >= 11 is 0. The molecule has 0 amide bonds. The molecule has 0 bridgehead atoms. The second kappa shape index (κ2) is 9.38. The lowest BCUT2D eigenvalue weighted by Crippen LogP contribution is -2.31. The van der Waals surface area contributed by atoms with Crippen LogP contribution >= 0.6 is 0 Å². The number of carbonyl (C=O) groups excluding carboxylic acids is 1. The largest absolute Gasteiger partial charge is 0.469 e. The minimum atomic E-state index is -0.254. The van der Waals surface area contributed by atoms with Crippen molar-refractivity contribution >= 4 is 17.4 Å². The third-order valence-electron chi connectivity index (χ3n) is 5.91. The van der Waals surface area contributed by atoms with Crippen LogP contribution < -0.4 is 16.9 Å². The lowest BCUT2D eigenvalue weighted by molar-refractivity contribution is -0.139. The van der Waals surface area contributed by atoms with Crippen molar-refractivity contribution in [2.45, 2.75) is 25.8 Å². The number of benzene rings is 2. The maximum atomic E-state index is 11.6. The highest BCUT2D eigenvalue weighted by Crippen LogP contribution is 2.37. The van der Waals surface area contributed by atoms with Crippen LogP contribution in [-0.2, 0) is 23.0 Å². The molecule has 1 aliphatic heterocycles. The van der Waals surface area contributed by atoms with Crippen molar-refractivity contribution in [3.8, 4) is 11.1 Å². The van der Waals surface area contributed by atoms with E-state index in [1.807, 2.05) is 50.6 Å². The molecule has 5 N–H and O–H groups in total. The van der Waals surface area contributed by atoms with E-state index in [1.54, 1.807) is 9.69 Å². The average molecular weight is 447 g/mol. The van der Waals surface area contributed by atoms with Crippen LogP contribution in [0.3, 0.4) is 0 Å². The number of aromatic nitrogens is 2. The summed E-state index contributed by atoms with van der Waals surface area (Å²) < 4.78 is 6.55. The highest BCUT2D eigenvalue weighted by molar-refractivity contribution is 5.75. The number of methoxy groups -OCH3 is 1. The minimum Gasteiger partial charge on any atom is -0.469 e. The number of hydrazine groups is 1. The Hall–Kier alpha value is -3.78. The number of ether oxygens (including phenoxy) is 1. The van der Waals surface area contributed by atoms with Crippen LogP contribution in [0.2, 0.25) is 0 Å². The number of rotatable bonds is 5. The first-order valence-corrected chi connectivity index (χ1v) is 10.9. The quantitative estimate of drug-likeness (QED) is 0.408. The minimum absolute atomic E-state index is 0.0194. The molecule has 8 heteroatoms. The van der Waals surface area contributed by atoms with Crippen molar-refractivity contribution in [3.05, 3.63) is 77.2 Å². The molecule has 0 spiro atoms. The molecule has 1 aliphatic rings. The van der Waals surface area contributed by atoms with Gasteiger partial charge in [0.25, 0.3) is 0 Å². The zero-order valence-electron chi connectivity index (χ0n) is 19.2. The normalized spacial score (nSPS) is 17.2. The molecule has 2 aromatic carbocycles. The third-order valence-corrected chi connectivity index (χ3v) is 5.91. The van der Waals surface area contributed by atoms with Gasteiger partial charge in [0.1, 0.15) is 0 Å². The van der Waals surface area contributed by atoms with Gasteiger partial charge in [-0.05, 0) is 48.2 Å². The summed E-state index contributed by atoms with van der Waals surface area (Å²) in [6.45, 7) is 2.53. The van der Waals surface area contributed by atoms with E-state index >= 15 is 0 Å². The number of hydrogen-bond acceptors (Lipinski definition) is 7. The van der Waals surface area contributed by atoms with E-state index in [-0.39, 0.29) is 18.4 Å². The Labute approximate surface area is 193 Å². The van der Waals surface area contributed by atoms with Crippen LogP contribution in [0, 0.1) is 0 Å². The molecule has 33 heavy (non-hydrogen) atoms. The molecule has 8 nitrogen and oxygen atoms in total. The van der Waals surface area contributed by atoms with E-state index in [4.69, 9.17) is 16.3 Å². The van der Waals surface area contributed by atoms with E-state index < -0.39 is 0 Å². The number of nitrogens with zero attached hydrogens (tertiary/aromatic N) is 3. The molecule has 0 aliphatic carbocycles. The third kappa shape index (κ3) is 4.85. The fourth-order valence-electron chi connectivity index (χ4n) is 4.25. The number of nitrogens with one attached hydrogen (secondary N) is 1. The van der Waals surface area contributed by atoms with Gasteiger partial charge in [-0.2, -0.15) is 5.10 Å². The van der Waals surface area contributed by atoms with E-state index in [9.17, 15) is 4.79 Å². The van der Waals surface area contributed by atoms with Gasteiger partial charge in [0, 0.05) is 42.3 Å². The number of allylic oxidation sites excluding steroid dienone is 1. The van der Waals surface area contributed by atoms with Crippen molar-refractivity contribution in [1.29, 1.82) is 0 Å². The smallest absolute Gasteiger partial charge is 0.309 e. The van der Waals surface area contributed by atoms with Gasteiger partial charge in [0.05, 0.1) is 31.5 Å². The first-order valence-electron chi connectivity index (χ1n) is 10.9. The van der Waals surface area contributed by atoms with Crippen LogP contribution in [0.5, 0.6) is 0 Å². The summed E-state index contributed by atoms with van der Waals surface area (Å²) in [5, 5.41) is 9.70. The molecule has 172 valence electrons. The lowest BCUT2D eigenvalue weighted by atomic mass is 9.93. The second-order valence-electron chi connectivity index (χ2n) is 8.37. The van der Waals surface area contributed by atoms with Gasteiger partial charge in [-0.25, -0.2) is 5.84 Å². The summed E-state index contributed by atoms with van der Waals surface area (Å²) in [6, 6.07) is 14.2. The van der Waals surface area contributed by atoms with Crippen LogP contribution in [0.15, 0.2) is 60.6 Å². The molecule has 3 aromatic rings. The molecule has 1 atom stereocenters. The Balaban J connectivity index is 1.70. The summed E-state index contributed by atoms with van der Waals surface area (Å²) in [7, 11) is 3.31. The molecular weight excluding hydrogens is 416 g/mol. The SMILES string of the molecule is COC(=O)Cc1ccc(NC2CCN(N)/C(=C(/C)N)c3ccc(-c4cnn(C)c4)cc32)cc1. The van der Waals surface area contributed by atoms with Crippen LogP contribution in [0.25, 0.3) is 16.8 Å². The molecule has 0 fully saturated rings. The van der Waals surface area contributed by atoms with Crippen molar-refractivity contribution in [3.63, 3.8) is 0 Å². The first kappa shape index (κ1) is 22.4. The Kier molecular flexibility index (Phi) is 6.37. The number of hydrogen-bond donors (Lipinski definition) is 3. The number of fused-ring (bicyclic) bond motifs is 1. The summed E-state index contributed by atoms with van der Waals surface area (Å²) in [4.78, 5) is 11.6. The molecule has 0 radical (unpaired) electrons. The number of anilines is 1. The van der Waals surface area contributed by atoms with Crippen molar-refractivity contribution in [1.82, 2.24) is 14.8 Å². The van der Waals surface area contributed by atoms with E-state index in [2.05, 4.69) is 28.6 Å². The Bertz CT molecular complexity index is 1180. The molecule has 4 rings (SSSR count). The van der Waals surface area contributed by atoms with E-state index in [0.29, 0.717) is 12.2 Å². The summed E-state index contributed by atoms with van der Waals surface area (Å²) in [5.41, 5.74) is 13.9. The average Bonchev–Trinajstić information content (AvgIpc) is 3.18. The van der Waals surface area contributed by atoms with Crippen LogP contribution in [0.4, 0.5) is 5.69 Å². The first-order chi connectivity index (χ1) is 15.9. The highest BCUT2D eigenvalue weighted by atomic mass is 16.5. The van der Waals surface area contributed by atoms with E-state index in [1.165, 1.54) is 7.11 Å². The standard InChI is InChI=1S/C25H30N6O2/c1-16(26)25-21-9-6-18(19-14-28-30(2)15-19)13-22(21)23(10-11-31(25)27)29-20-7-4-17(5-8-20)12-24(32)33-3/h4-9,13-15,23,29H,10-12,26-27H2,1-3H3/b25-16-. The number of carbonyl (C=O) groups is 1. The fourth-order valence-corrected chi connectivity index (χ4v) is 4.25. The number of esters is 1. The lowest BCUT2D eigenvalue weighted by Gasteiger charge is -2.22. The molecule has 1 unspecified atom stereocenters. The number of aryl methyl sites for hydroxylation is 1. The Morgan fingerprint density at radius 3 is 2.61 bits per heavy atom. The van der Waals surface area contributed by atoms with Gasteiger partial charge in [0.15, 0.2) is 0 Å². The van der Waals surface area contributed by atoms with Gasteiger partial charge in [-0.15, -0.1) is 0 Å². The number of nitrogens with two attached hydrogens (primary N) is 2. The summed E-state index contributed by atoms with van der Waals surface area (Å²) in [5.74, 6) is 6.14. The van der Waals surface area contributed by atoms with E-state index in [0.717, 1.165) is 45.6 Å². The molecule has 0 saturated heterocycles. The zero-order valence-corrected chi connectivity index (χ0v) is 19.2. The van der Waals surface area contributed by atoms with Gasteiger partial charge in [-0.3, -0.25) is 9.48 Å². The fraction of sp³-hybridized carbons (Fsp3) is 0.280.